The van der Waals surface area contributed by atoms with Crippen LogP contribution in [-0.4, -0.2) is 20.9 Å². The van der Waals surface area contributed by atoms with Crippen molar-refractivity contribution in [3.63, 3.8) is 0 Å². The molecule has 126 valence electrons. The van der Waals surface area contributed by atoms with Gasteiger partial charge in [-0.25, -0.2) is 9.97 Å². The summed E-state index contributed by atoms with van der Waals surface area (Å²) in [5.74, 6) is 0.143. The first-order valence-corrected chi connectivity index (χ1v) is 7.95. The quantitative estimate of drug-likeness (QED) is 0.750. The molecule has 0 saturated carbocycles. The number of anilines is 2. The van der Waals surface area contributed by atoms with E-state index in [1.165, 1.54) is 0 Å². The molecule has 0 aliphatic carbocycles. The van der Waals surface area contributed by atoms with Gasteiger partial charge in [0.2, 0.25) is 5.95 Å². The number of amides is 1. The highest BCUT2D eigenvalue weighted by Gasteiger charge is 2.09. The number of rotatable bonds is 5. The minimum atomic E-state index is -0.248. The van der Waals surface area contributed by atoms with Crippen LogP contribution in [-0.2, 0) is 6.54 Å². The van der Waals surface area contributed by atoms with Crippen LogP contribution in [0.1, 0.15) is 27.2 Å². The summed E-state index contributed by atoms with van der Waals surface area (Å²) in [7, 11) is 0. The van der Waals surface area contributed by atoms with Gasteiger partial charge >= 0.3 is 0 Å². The molecule has 1 aromatic carbocycles. The Kier molecular flexibility index (Phi) is 4.99. The summed E-state index contributed by atoms with van der Waals surface area (Å²) in [5.41, 5.74) is 4.48. The Morgan fingerprint density at radius 1 is 1.00 bits per heavy atom. The molecule has 2 N–H and O–H groups in total. The Balaban J connectivity index is 1.69. The monoisotopic (exact) mass is 333 g/mol. The molecular formula is C19H19N5O. The molecule has 0 aliphatic rings. The molecule has 3 rings (SSSR count). The fourth-order valence-electron chi connectivity index (χ4n) is 2.49. The van der Waals surface area contributed by atoms with Crippen LogP contribution in [0.3, 0.4) is 0 Å². The summed E-state index contributed by atoms with van der Waals surface area (Å²) < 4.78 is 0. The molecule has 0 unspecified atom stereocenters. The summed E-state index contributed by atoms with van der Waals surface area (Å²) in [6, 6.07) is 11.4. The summed E-state index contributed by atoms with van der Waals surface area (Å²) in [5, 5.41) is 5.98. The van der Waals surface area contributed by atoms with Crippen molar-refractivity contribution in [2.75, 3.05) is 5.32 Å². The number of aromatic nitrogens is 3. The van der Waals surface area contributed by atoms with E-state index in [4.69, 9.17) is 0 Å². The molecule has 6 nitrogen and oxygen atoms in total. The standard InChI is InChI=1S/C19H19N5O/c1-13-9-14(2)11-16(10-13)23-19-21-8-5-17(24-19)18(25)22-12-15-3-6-20-7-4-15/h3-11H,12H2,1-2H3,(H,22,25)(H,21,23,24). The molecule has 0 aliphatic heterocycles. The van der Waals surface area contributed by atoms with Gasteiger partial charge in [0.25, 0.3) is 5.91 Å². The third-order valence-corrected chi connectivity index (χ3v) is 3.57. The summed E-state index contributed by atoms with van der Waals surface area (Å²) >= 11 is 0. The van der Waals surface area contributed by atoms with Gasteiger partial charge in [-0.05, 0) is 60.9 Å². The fraction of sp³-hybridized carbons (Fsp3) is 0.158. The number of carbonyl (C=O) groups is 1. The zero-order valence-corrected chi connectivity index (χ0v) is 14.2. The first-order chi connectivity index (χ1) is 12.1. The van der Waals surface area contributed by atoms with Crippen molar-refractivity contribution < 1.29 is 4.79 Å². The third kappa shape index (κ3) is 4.60. The number of pyridine rings is 1. The van der Waals surface area contributed by atoms with Gasteiger partial charge in [-0.3, -0.25) is 9.78 Å². The van der Waals surface area contributed by atoms with E-state index in [9.17, 15) is 4.79 Å². The van der Waals surface area contributed by atoms with E-state index in [1.54, 1.807) is 24.7 Å². The van der Waals surface area contributed by atoms with Crippen LogP contribution in [0.25, 0.3) is 0 Å². The minimum Gasteiger partial charge on any atom is -0.347 e. The molecule has 0 radical (unpaired) electrons. The second-order valence-corrected chi connectivity index (χ2v) is 5.81. The molecule has 3 aromatic rings. The molecule has 0 bridgehead atoms. The van der Waals surface area contributed by atoms with Crippen LogP contribution in [0.2, 0.25) is 0 Å². The minimum absolute atomic E-state index is 0.248. The average Bonchev–Trinajstić information content (AvgIpc) is 2.60. The smallest absolute Gasteiger partial charge is 0.270 e. The second-order valence-electron chi connectivity index (χ2n) is 5.81. The van der Waals surface area contributed by atoms with Gasteiger partial charge in [-0.1, -0.05) is 6.07 Å². The van der Waals surface area contributed by atoms with E-state index < -0.39 is 0 Å². The molecule has 0 fully saturated rings. The molecule has 2 aromatic heterocycles. The van der Waals surface area contributed by atoms with E-state index >= 15 is 0 Å². The van der Waals surface area contributed by atoms with Crippen molar-refractivity contribution >= 4 is 17.5 Å². The van der Waals surface area contributed by atoms with Crippen LogP contribution in [0, 0.1) is 13.8 Å². The maximum Gasteiger partial charge on any atom is 0.270 e. The highest BCUT2D eigenvalue weighted by atomic mass is 16.1. The van der Waals surface area contributed by atoms with Crippen molar-refractivity contribution in [3.05, 3.63) is 77.4 Å². The SMILES string of the molecule is Cc1cc(C)cc(Nc2nccc(C(=O)NCc3ccncc3)n2)c1. The largest absolute Gasteiger partial charge is 0.347 e. The number of aryl methyl sites for hydroxylation is 2. The third-order valence-electron chi connectivity index (χ3n) is 3.57. The van der Waals surface area contributed by atoms with Crippen LogP contribution < -0.4 is 10.6 Å². The lowest BCUT2D eigenvalue weighted by Crippen LogP contribution is -2.24. The molecular weight excluding hydrogens is 314 g/mol. The normalized spacial score (nSPS) is 10.3. The van der Waals surface area contributed by atoms with E-state index in [2.05, 4.69) is 31.7 Å². The molecule has 0 atom stereocenters. The highest BCUT2D eigenvalue weighted by Crippen LogP contribution is 2.17. The van der Waals surface area contributed by atoms with Gasteiger partial charge in [0.05, 0.1) is 0 Å². The van der Waals surface area contributed by atoms with Gasteiger partial charge < -0.3 is 10.6 Å². The summed E-state index contributed by atoms with van der Waals surface area (Å²) in [6.07, 6.45) is 4.95. The maximum atomic E-state index is 12.3. The lowest BCUT2D eigenvalue weighted by atomic mass is 10.1. The van der Waals surface area contributed by atoms with E-state index in [0.717, 1.165) is 22.4 Å². The zero-order valence-electron chi connectivity index (χ0n) is 14.2. The molecule has 25 heavy (non-hydrogen) atoms. The number of hydrogen-bond acceptors (Lipinski definition) is 5. The van der Waals surface area contributed by atoms with Crippen LogP contribution in [0.5, 0.6) is 0 Å². The Labute approximate surface area is 146 Å². The number of hydrogen-bond donors (Lipinski definition) is 2. The summed E-state index contributed by atoms with van der Waals surface area (Å²) in [6.45, 7) is 4.48. The van der Waals surface area contributed by atoms with Crippen LogP contribution >= 0.6 is 0 Å². The Bertz CT molecular complexity index is 860. The number of benzene rings is 1. The van der Waals surface area contributed by atoms with E-state index in [0.29, 0.717) is 18.2 Å². The van der Waals surface area contributed by atoms with Gasteiger partial charge in [0.15, 0.2) is 0 Å². The number of carbonyl (C=O) groups excluding carboxylic acids is 1. The van der Waals surface area contributed by atoms with Crippen molar-refractivity contribution in [2.24, 2.45) is 0 Å². The van der Waals surface area contributed by atoms with Crippen molar-refractivity contribution in [2.45, 2.75) is 20.4 Å². The fourth-order valence-corrected chi connectivity index (χ4v) is 2.49. The van der Waals surface area contributed by atoms with E-state index in [1.807, 2.05) is 38.1 Å². The lowest BCUT2D eigenvalue weighted by molar-refractivity contribution is 0.0946. The van der Waals surface area contributed by atoms with Crippen molar-refractivity contribution in [1.82, 2.24) is 20.3 Å². The Morgan fingerprint density at radius 3 is 2.44 bits per heavy atom. The summed E-state index contributed by atoms with van der Waals surface area (Å²) in [4.78, 5) is 24.7. The zero-order chi connectivity index (χ0) is 17.6. The first-order valence-electron chi connectivity index (χ1n) is 7.95. The molecule has 0 saturated heterocycles. The van der Waals surface area contributed by atoms with Crippen LogP contribution in [0.15, 0.2) is 55.0 Å². The Morgan fingerprint density at radius 2 is 1.72 bits per heavy atom. The predicted octanol–water partition coefficient (Wildman–Crippen LogP) is 3.16. The highest BCUT2D eigenvalue weighted by molar-refractivity contribution is 5.92. The number of nitrogens with zero attached hydrogens (tertiary/aromatic N) is 3. The van der Waals surface area contributed by atoms with Crippen molar-refractivity contribution in [3.8, 4) is 0 Å². The number of nitrogens with one attached hydrogen (secondary N) is 2. The maximum absolute atomic E-state index is 12.3. The molecule has 6 heteroatoms. The second kappa shape index (κ2) is 7.53. The predicted molar refractivity (Wildman–Crippen MR) is 96.6 cm³/mol. The molecule has 0 spiro atoms. The Hall–Kier alpha value is -3.28. The average molecular weight is 333 g/mol. The van der Waals surface area contributed by atoms with Crippen LogP contribution in [0.4, 0.5) is 11.6 Å². The topological polar surface area (TPSA) is 79.8 Å². The van der Waals surface area contributed by atoms with E-state index in [-0.39, 0.29) is 5.91 Å². The first kappa shape index (κ1) is 16.6. The van der Waals surface area contributed by atoms with Gasteiger partial charge in [-0.2, -0.15) is 0 Å². The molecule has 1 amide bonds. The van der Waals surface area contributed by atoms with Crippen molar-refractivity contribution in [1.29, 1.82) is 0 Å². The van der Waals surface area contributed by atoms with Gasteiger partial charge in [0.1, 0.15) is 5.69 Å². The molecule has 2 heterocycles. The van der Waals surface area contributed by atoms with Gasteiger partial charge in [0, 0.05) is 30.8 Å². The lowest BCUT2D eigenvalue weighted by Gasteiger charge is -2.09. The van der Waals surface area contributed by atoms with Gasteiger partial charge in [-0.15, -0.1) is 0 Å².